The molecule has 3 aromatic rings. The monoisotopic (exact) mass is 484 g/mol. The number of para-hydroxylation sites is 1. The molecule has 1 fully saturated rings. The number of aliphatic hydroxyl groups excluding tert-OH is 1. The number of carbonyl (C=O) groups is 2. The molecule has 2 aliphatic heterocycles. The molecule has 2 aliphatic rings. The fourth-order valence-electron chi connectivity index (χ4n) is 4.74. The summed E-state index contributed by atoms with van der Waals surface area (Å²) in [6, 6.07) is 22.4. The van der Waals surface area contributed by atoms with Crippen LogP contribution in [0.1, 0.15) is 5.56 Å². The van der Waals surface area contributed by atoms with Crippen molar-refractivity contribution in [3.05, 3.63) is 113 Å². The minimum atomic E-state index is -0.909. The van der Waals surface area contributed by atoms with Gasteiger partial charge in [0.2, 0.25) is 5.91 Å². The molecular weight excluding hydrogens is 460 g/mol. The molecule has 0 spiro atoms. The highest BCUT2D eigenvalue weighted by molar-refractivity contribution is 6.24. The molecule has 2 heterocycles. The first kappa shape index (κ1) is 23.4. The number of carbonyl (C=O) groups excluding carboxylic acids is 2. The number of nitrogens with one attached hydrogen (secondary N) is 1. The highest BCUT2D eigenvalue weighted by atomic mass is 16.6. The zero-order chi connectivity index (χ0) is 25.2. The fourth-order valence-corrected chi connectivity index (χ4v) is 4.74. The van der Waals surface area contributed by atoms with E-state index in [1.165, 1.54) is 29.2 Å². The van der Waals surface area contributed by atoms with E-state index >= 15 is 0 Å². The van der Waals surface area contributed by atoms with Crippen molar-refractivity contribution in [3.63, 3.8) is 0 Å². The molecule has 9 heteroatoms. The lowest BCUT2D eigenvalue weighted by Gasteiger charge is -2.40. The number of nitro groups is 1. The summed E-state index contributed by atoms with van der Waals surface area (Å²) in [6.07, 6.45) is 2.87. The number of aliphatic hydroxyl groups is 1. The van der Waals surface area contributed by atoms with Crippen LogP contribution in [-0.2, 0) is 16.0 Å². The summed E-state index contributed by atoms with van der Waals surface area (Å²) in [5.41, 5.74) is 4.98. The molecule has 0 radical (unpaired) electrons. The lowest BCUT2D eigenvalue weighted by atomic mass is 9.91. The van der Waals surface area contributed by atoms with Gasteiger partial charge in [-0.3, -0.25) is 19.7 Å². The molecule has 4 unspecified atom stereocenters. The van der Waals surface area contributed by atoms with Crippen molar-refractivity contribution in [1.82, 2.24) is 5.01 Å². The van der Waals surface area contributed by atoms with Crippen LogP contribution in [0.3, 0.4) is 0 Å². The van der Waals surface area contributed by atoms with Crippen LogP contribution in [0.15, 0.2) is 97.1 Å². The standard InChI is InChI=1S/C27H24N4O5/c32-24(17-18-7-3-1-4-8-18)23-16-15-22-25(27(34)29(26(22)33)20-9-5-2-6-10-20)30(23)28-19-11-13-21(14-12-19)31(35)36/h1-16,22-25,28,32H,17H2. The van der Waals surface area contributed by atoms with Gasteiger partial charge in [-0.2, -0.15) is 0 Å². The van der Waals surface area contributed by atoms with E-state index in [4.69, 9.17) is 0 Å². The number of hydrazine groups is 1. The second-order valence-corrected chi connectivity index (χ2v) is 8.77. The minimum absolute atomic E-state index is 0.0694. The van der Waals surface area contributed by atoms with Crippen molar-refractivity contribution in [1.29, 1.82) is 0 Å². The second-order valence-electron chi connectivity index (χ2n) is 8.77. The van der Waals surface area contributed by atoms with E-state index in [1.54, 1.807) is 47.5 Å². The van der Waals surface area contributed by atoms with Crippen molar-refractivity contribution < 1.29 is 19.6 Å². The maximum Gasteiger partial charge on any atom is 0.269 e. The Labute approximate surface area is 207 Å². The van der Waals surface area contributed by atoms with Crippen LogP contribution in [0.25, 0.3) is 0 Å². The third-order valence-electron chi connectivity index (χ3n) is 6.49. The summed E-state index contributed by atoms with van der Waals surface area (Å²) in [5, 5.41) is 23.9. The van der Waals surface area contributed by atoms with E-state index in [0.29, 0.717) is 17.8 Å². The first-order valence-corrected chi connectivity index (χ1v) is 11.6. The summed E-state index contributed by atoms with van der Waals surface area (Å²) in [6.45, 7) is 0. The highest BCUT2D eigenvalue weighted by Crippen LogP contribution is 2.36. The number of nitrogens with zero attached hydrogens (tertiary/aromatic N) is 3. The Kier molecular flexibility index (Phi) is 6.32. The molecule has 1 saturated heterocycles. The molecule has 9 nitrogen and oxygen atoms in total. The fraction of sp³-hybridized carbons (Fsp3) is 0.185. The van der Waals surface area contributed by atoms with Crippen molar-refractivity contribution in [2.24, 2.45) is 5.92 Å². The molecule has 5 rings (SSSR count). The Balaban J connectivity index is 1.49. The molecule has 36 heavy (non-hydrogen) atoms. The van der Waals surface area contributed by atoms with Crippen LogP contribution in [0, 0.1) is 16.0 Å². The zero-order valence-electron chi connectivity index (χ0n) is 19.2. The minimum Gasteiger partial charge on any atom is -0.391 e. The van der Waals surface area contributed by atoms with Gasteiger partial charge >= 0.3 is 0 Å². The molecule has 4 atom stereocenters. The van der Waals surface area contributed by atoms with Crippen LogP contribution in [0.2, 0.25) is 0 Å². The van der Waals surface area contributed by atoms with E-state index in [-0.39, 0.29) is 11.6 Å². The molecular formula is C27H24N4O5. The molecule has 0 aromatic heterocycles. The summed E-state index contributed by atoms with van der Waals surface area (Å²) >= 11 is 0. The number of hydrogen-bond acceptors (Lipinski definition) is 7. The SMILES string of the molecule is O=C1C2C=CC(C(O)Cc3ccccc3)N(Nc3ccc([N+](=O)[O-])cc3)C2C(=O)N1c1ccccc1. The van der Waals surface area contributed by atoms with Gasteiger partial charge in [-0.25, -0.2) is 9.91 Å². The Hall–Kier alpha value is -4.34. The van der Waals surface area contributed by atoms with Crippen LogP contribution >= 0.6 is 0 Å². The number of benzene rings is 3. The van der Waals surface area contributed by atoms with Gasteiger partial charge in [0.1, 0.15) is 6.04 Å². The van der Waals surface area contributed by atoms with Crippen molar-refractivity contribution in [3.8, 4) is 0 Å². The first-order chi connectivity index (χ1) is 17.4. The van der Waals surface area contributed by atoms with Crippen LogP contribution in [-0.4, -0.2) is 45.0 Å². The Morgan fingerprint density at radius 2 is 1.53 bits per heavy atom. The van der Waals surface area contributed by atoms with E-state index in [9.17, 15) is 24.8 Å². The lowest BCUT2D eigenvalue weighted by Crippen LogP contribution is -2.57. The average molecular weight is 485 g/mol. The highest BCUT2D eigenvalue weighted by Gasteiger charge is 2.54. The summed E-state index contributed by atoms with van der Waals surface area (Å²) in [7, 11) is 0. The number of rotatable bonds is 7. The topological polar surface area (TPSA) is 116 Å². The number of anilines is 2. The van der Waals surface area contributed by atoms with E-state index in [2.05, 4.69) is 5.43 Å². The normalized spacial score (nSPS) is 22.4. The van der Waals surface area contributed by atoms with Gasteiger partial charge < -0.3 is 10.5 Å². The molecule has 2 amide bonds. The largest absolute Gasteiger partial charge is 0.391 e. The Morgan fingerprint density at radius 3 is 2.17 bits per heavy atom. The summed E-state index contributed by atoms with van der Waals surface area (Å²) in [4.78, 5) is 38.7. The molecule has 3 aromatic carbocycles. The summed E-state index contributed by atoms with van der Waals surface area (Å²) in [5.74, 6) is -1.51. The number of hydrogen-bond donors (Lipinski definition) is 2. The van der Waals surface area contributed by atoms with Gasteiger partial charge in [0.25, 0.3) is 11.6 Å². The van der Waals surface area contributed by atoms with Gasteiger partial charge in [-0.1, -0.05) is 60.7 Å². The average Bonchev–Trinajstić information content (AvgIpc) is 3.15. The Bertz CT molecular complexity index is 1300. The van der Waals surface area contributed by atoms with Crippen LogP contribution in [0.5, 0.6) is 0 Å². The van der Waals surface area contributed by atoms with Crippen molar-refractivity contribution in [2.45, 2.75) is 24.6 Å². The Morgan fingerprint density at radius 1 is 0.889 bits per heavy atom. The molecule has 182 valence electrons. The predicted molar refractivity (Wildman–Crippen MR) is 134 cm³/mol. The maximum absolute atomic E-state index is 13.6. The third kappa shape index (κ3) is 4.37. The third-order valence-corrected chi connectivity index (χ3v) is 6.49. The van der Waals surface area contributed by atoms with Gasteiger partial charge in [-0.05, 0) is 29.8 Å². The van der Waals surface area contributed by atoms with Gasteiger partial charge in [0.15, 0.2) is 0 Å². The maximum atomic E-state index is 13.6. The van der Waals surface area contributed by atoms with Crippen LogP contribution < -0.4 is 10.3 Å². The van der Waals surface area contributed by atoms with Crippen LogP contribution in [0.4, 0.5) is 17.1 Å². The number of amides is 2. The first-order valence-electron chi connectivity index (χ1n) is 11.6. The van der Waals surface area contributed by atoms with Gasteiger partial charge in [0, 0.05) is 24.2 Å². The number of imide groups is 1. The number of nitro benzene ring substituents is 1. The van der Waals surface area contributed by atoms with Gasteiger partial charge in [0.05, 0.1) is 28.7 Å². The van der Waals surface area contributed by atoms with Crippen molar-refractivity contribution >= 4 is 28.9 Å². The second kappa shape index (κ2) is 9.73. The van der Waals surface area contributed by atoms with E-state index in [1.807, 2.05) is 30.3 Å². The number of fused-ring (bicyclic) bond motifs is 1. The summed E-state index contributed by atoms with van der Waals surface area (Å²) < 4.78 is 0. The predicted octanol–water partition coefficient (Wildman–Crippen LogP) is 3.32. The lowest BCUT2D eigenvalue weighted by molar-refractivity contribution is -0.384. The molecule has 0 aliphatic carbocycles. The van der Waals surface area contributed by atoms with Gasteiger partial charge in [-0.15, -0.1) is 0 Å². The quantitative estimate of drug-likeness (QED) is 0.229. The molecule has 0 bridgehead atoms. The van der Waals surface area contributed by atoms with Crippen molar-refractivity contribution in [2.75, 3.05) is 10.3 Å². The number of non-ortho nitro benzene ring substituents is 1. The van der Waals surface area contributed by atoms with E-state index < -0.39 is 34.9 Å². The molecule has 2 N–H and O–H groups in total. The smallest absolute Gasteiger partial charge is 0.269 e. The zero-order valence-corrected chi connectivity index (χ0v) is 19.2. The van der Waals surface area contributed by atoms with E-state index in [0.717, 1.165) is 5.56 Å². The molecule has 0 saturated carbocycles.